The van der Waals surface area contributed by atoms with Crippen LogP contribution in [0.4, 0.5) is 0 Å². The van der Waals surface area contributed by atoms with Crippen LogP contribution in [0.1, 0.15) is 130 Å². The summed E-state index contributed by atoms with van der Waals surface area (Å²) < 4.78 is 0. The van der Waals surface area contributed by atoms with Gasteiger partial charge in [0.1, 0.15) is 0 Å². The first-order valence-corrected chi connectivity index (χ1v) is 12.6. The third-order valence-corrected chi connectivity index (χ3v) is 6.59. The van der Waals surface area contributed by atoms with Crippen LogP contribution >= 0.6 is 0 Å². The predicted molar refractivity (Wildman–Crippen MR) is 123 cm³/mol. The van der Waals surface area contributed by atoms with Crippen LogP contribution in [-0.2, 0) is 0 Å². The molecule has 0 amide bonds. The minimum atomic E-state index is 0.293. The quantitative estimate of drug-likeness (QED) is 0.245. The molecule has 0 aromatic carbocycles. The zero-order valence-electron chi connectivity index (χ0n) is 19.4. The van der Waals surface area contributed by atoms with E-state index in [0.29, 0.717) is 11.6 Å². The normalized spacial score (nSPS) is 18.9. The summed E-state index contributed by atoms with van der Waals surface area (Å²) in [5.74, 6) is 0.834. The van der Waals surface area contributed by atoms with Crippen molar-refractivity contribution in [2.24, 2.45) is 5.92 Å². The van der Waals surface area contributed by atoms with Crippen LogP contribution in [0, 0.1) is 5.92 Å². The van der Waals surface area contributed by atoms with Gasteiger partial charge in [-0.1, -0.05) is 97.3 Å². The maximum atomic E-state index is 3.99. The van der Waals surface area contributed by atoms with Crippen molar-refractivity contribution in [2.75, 3.05) is 13.1 Å². The van der Waals surface area contributed by atoms with Crippen molar-refractivity contribution in [1.29, 1.82) is 0 Å². The maximum absolute atomic E-state index is 3.99. The Hall–Kier alpha value is -0.0800. The molecular formula is C25H52N2. The van der Waals surface area contributed by atoms with Gasteiger partial charge in [-0.2, -0.15) is 0 Å². The summed E-state index contributed by atoms with van der Waals surface area (Å²) in [7, 11) is 0. The number of unbranched alkanes of at least 4 members (excludes halogenated alkanes) is 12. The molecule has 2 nitrogen and oxygen atoms in total. The van der Waals surface area contributed by atoms with Crippen molar-refractivity contribution in [3.8, 4) is 0 Å². The van der Waals surface area contributed by atoms with Crippen LogP contribution in [0.2, 0.25) is 0 Å². The second-order valence-electron chi connectivity index (χ2n) is 9.79. The smallest absolute Gasteiger partial charge is 0.0127 e. The summed E-state index contributed by atoms with van der Waals surface area (Å²) in [4.78, 5) is 0. The van der Waals surface area contributed by atoms with E-state index >= 15 is 0 Å². The lowest BCUT2D eigenvalue weighted by atomic mass is 9.90. The fourth-order valence-corrected chi connectivity index (χ4v) is 4.73. The summed E-state index contributed by atoms with van der Waals surface area (Å²) in [6, 6.07) is 0.692. The number of nitrogens with one attached hydrogen (secondary N) is 2. The SMILES string of the molecule is CCCCCCCCCCCCCCCC(C)(C)NC(CC)C1CCNC1. The molecule has 2 unspecified atom stereocenters. The zero-order chi connectivity index (χ0) is 19.8. The van der Waals surface area contributed by atoms with Gasteiger partial charge in [0.15, 0.2) is 0 Å². The van der Waals surface area contributed by atoms with Crippen LogP contribution in [-0.4, -0.2) is 24.7 Å². The molecule has 0 saturated carbocycles. The highest BCUT2D eigenvalue weighted by Gasteiger charge is 2.28. The first-order valence-electron chi connectivity index (χ1n) is 12.6. The van der Waals surface area contributed by atoms with Gasteiger partial charge in [0.25, 0.3) is 0 Å². The summed E-state index contributed by atoms with van der Waals surface area (Å²) in [5.41, 5.74) is 0.293. The molecule has 2 N–H and O–H groups in total. The molecule has 1 fully saturated rings. The molecular weight excluding hydrogens is 328 g/mol. The second kappa shape index (κ2) is 15.8. The van der Waals surface area contributed by atoms with Crippen LogP contribution in [0.3, 0.4) is 0 Å². The van der Waals surface area contributed by atoms with Crippen molar-refractivity contribution in [3.63, 3.8) is 0 Å². The van der Waals surface area contributed by atoms with Gasteiger partial charge in [-0.05, 0) is 52.1 Å². The van der Waals surface area contributed by atoms with Gasteiger partial charge < -0.3 is 10.6 Å². The molecule has 162 valence electrons. The minimum Gasteiger partial charge on any atom is -0.316 e. The molecule has 0 aliphatic carbocycles. The van der Waals surface area contributed by atoms with E-state index in [1.165, 1.54) is 116 Å². The molecule has 0 aromatic heterocycles. The lowest BCUT2D eigenvalue weighted by Gasteiger charge is -2.34. The molecule has 1 aliphatic heterocycles. The highest BCUT2D eigenvalue weighted by molar-refractivity contribution is 4.88. The fraction of sp³-hybridized carbons (Fsp3) is 1.00. The molecule has 0 spiro atoms. The summed E-state index contributed by atoms with van der Waals surface area (Å²) >= 11 is 0. The van der Waals surface area contributed by atoms with Crippen molar-refractivity contribution in [3.05, 3.63) is 0 Å². The molecule has 27 heavy (non-hydrogen) atoms. The van der Waals surface area contributed by atoms with Crippen LogP contribution < -0.4 is 10.6 Å². The van der Waals surface area contributed by atoms with Crippen LogP contribution in [0.25, 0.3) is 0 Å². The van der Waals surface area contributed by atoms with Crippen molar-refractivity contribution in [1.82, 2.24) is 10.6 Å². The van der Waals surface area contributed by atoms with Gasteiger partial charge in [0.05, 0.1) is 0 Å². The second-order valence-corrected chi connectivity index (χ2v) is 9.79. The Morgan fingerprint density at radius 2 is 1.33 bits per heavy atom. The lowest BCUT2D eigenvalue weighted by Crippen LogP contribution is -2.49. The standard InChI is InChI=1S/C25H52N2/c1-5-7-8-9-10-11-12-13-14-15-16-17-18-20-25(3,4)27-24(6-2)23-19-21-26-22-23/h23-24,26-27H,5-22H2,1-4H3. The van der Waals surface area contributed by atoms with E-state index in [2.05, 4.69) is 38.3 Å². The van der Waals surface area contributed by atoms with Gasteiger partial charge >= 0.3 is 0 Å². The van der Waals surface area contributed by atoms with E-state index < -0.39 is 0 Å². The Morgan fingerprint density at radius 1 is 0.815 bits per heavy atom. The monoisotopic (exact) mass is 380 g/mol. The highest BCUT2D eigenvalue weighted by Crippen LogP contribution is 2.22. The van der Waals surface area contributed by atoms with Gasteiger partial charge in [-0.3, -0.25) is 0 Å². The van der Waals surface area contributed by atoms with Crippen molar-refractivity contribution >= 4 is 0 Å². The largest absolute Gasteiger partial charge is 0.316 e. The number of rotatable bonds is 18. The van der Waals surface area contributed by atoms with Crippen LogP contribution in [0.5, 0.6) is 0 Å². The molecule has 0 radical (unpaired) electrons. The Bertz CT molecular complexity index is 320. The van der Waals surface area contributed by atoms with Crippen LogP contribution in [0.15, 0.2) is 0 Å². The molecule has 1 rings (SSSR count). The molecule has 0 aromatic rings. The van der Waals surface area contributed by atoms with E-state index in [1.54, 1.807) is 0 Å². The van der Waals surface area contributed by atoms with E-state index in [9.17, 15) is 0 Å². The zero-order valence-corrected chi connectivity index (χ0v) is 19.4. The van der Waals surface area contributed by atoms with Crippen molar-refractivity contribution < 1.29 is 0 Å². The molecule has 2 atom stereocenters. The molecule has 1 aliphatic rings. The Morgan fingerprint density at radius 3 is 1.78 bits per heavy atom. The molecule has 2 heteroatoms. The fourth-order valence-electron chi connectivity index (χ4n) is 4.73. The highest BCUT2D eigenvalue weighted by atomic mass is 15.0. The molecule has 1 saturated heterocycles. The molecule has 1 heterocycles. The summed E-state index contributed by atoms with van der Waals surface area (Å²) in [6.45, 7) is 11.9. The van der Waals surface area contributed by atoms with E-state index in [0.717, 1.165) is 5.92 Å². The third kappa shape index (κ3) is 12.9. The maximum Gasteiger partial charge on any atom is 0.0127 e. The summed E-state index contributed by atoms with van der Waals surface area (Å²) in [6.07, 6.45) is 22.7. The Balaban J connectivity index is 1.94. The van der Waals surface area contributed by atoms with Gasteiger partial charge in [-0.15, -0.1) is 0 Å². The molecule has 0 bridgehead atoms. The average Bonchev–Trinajstić information content (AvgIpc) is 3.18. The van der Waals surface area contributed by atoms with Gasteiger partial charge in [0, 0.05) is 11.6 Å². The Kier molecular flexibility index (Phi) is 14.6. The van der Waals surface area contributed by atoms with E-state index in [-0.39, 0.29) is 0 Å². The first kappa shape index (κ1) is 25.0. The van der Waals surface area contributed by atoms with Gasteiger partial charge in [0.2, 0.25) is 0 Å². The lowest BCUT2D eigenvalue weighted by molar-refractivity contribution is 0.252. The van der Waals surface area contributed by atoms with E-state index in [4.69, 9.17) is 0 Å². The average molecular weight is 381 g/mol. The number of hydrogen-bond donors (Lipinski definition) is 2. The van der Waals surface area contributed by atoms with E-state index in [1.807, 2.05) is 0 Å². The van der Waals surface area contributed by atoms with Gasteiger partial charge in [-0.25, -0.2) is 0 Å². The van der Waals surface area contributed by atoms with Crippen molar-refractivity contribution in [2.45, 2.75) is 142 Å². The minimum absolute atomic E-state index is 0.293. The topological polar surface area (TPSA) is 24.1 Å². The summed E-state index contributed by atoms with van der Waals surface area (Å²) in [5, 5.41) is 7.52. The third-order valence-electron chi connectivity index (χ3n) is 6.59. The predicted octanol–water partition coefficient (Wildman–Crippen LogP) is 7.22. The first-order chi connectivity index (χ1) is 13.1. The Labute approximate surface area is 172 Å². The number of hydrogen-bond acceptors (Lipinski definition) is 2.